The van der Waals surface area contributed by atoms with Crippen LogP contribution in [-0.2, 0) is 0 Å². The predicted molar refractivity (Wildman–Crippen MR) is 64.4 cm³/mol. The number of amides is 2. The SMILES string of the molecule is CC(C)=CNC(=O)Nc1ccc(C)cc1O. The van der Waals surface area contributed by atoms with Gasteiger partial charge in [0, 0.05) is 6.20 Å². The largest absolute Gasteiger partial charge is 0.506 e. The van der Waals surface area contributed by atoms with Crippen molar-refractivity contribution in [3.05, 3.63) is 35.5 Å². The molecular formula is C12H16N2O2. The Morgan fingerprint density at radius 3 is 2.62 bits per heavy atom. The number of hydrogen-bond donors (Lipinski definition) is 3. The summed E-state index contributed by atoms with van der Waals surface area (Å²) in [6.07, 6.45) is 1.60. The van der Waals surface area contributed by atoms with E-state index in [1.165, 1.54) is 0 Å². The van der Waals surface area contributed by atoms with Gasteiger partial charge in [0.1, 0.15) is 5.75 Å². The minimum Gasteiger partial charge on any atom is -0.506 e. The summed E-state index contributed by atoms with van der Waals surface area (Å²) in [5.41, 5.74) is 2.32. The fourth-order valence-corrected chi connectivity index (χ4v) is 1.12. The summed E-state index contributed by atoms with van der Waals surface area (Å²) in [5, 5.41) is 14.7. The van der Waals surface area contributed by atoms with Gasteiger partial charge in [-0.1, -0.05) is 11.6 Å². The minimum absolute atomic E-state index is 0.0624. The van der Waals surface area contributed by atoms with Crippen molar-refractivity contribution in [2.45, 2.75) is 20.8 Å². The summed E-state index contributed by atoms with van der Waals surface area (Å²) >= 11 is 0. The number of allylic oxidation sites excluding steroid dienone is 1. The van der Waals surface area contributed by atoms with Crippen LogP contribution in [0, 0.1) is 6.92 Å². The number of aromatic hydroxyl groups is 1. The van der Waals surface area contributed by atoms with E-state index < -0.39 is 0 Å². The molecule has 3 N–H and O–H groups in total. The zero-order chi connectivity index (χ0) is 12.1. The molecule has 1 aromatic carbocycles. The van der Waals surface area contributed by atoms with Crippen LogP contribution in [0.1, 0.15) is 19.4 Å². The molecule has 0 heterocycles. The lowest BCUT2D eigenvalue weighted by atomic mass is 10.2. The standard InChI is InChI=1S/C12H16N2O2/c1-8(2)7-13-12(16)14-10-5-4-9(3)6-11(10)15/h4-7,15H,1-3H3,(H2,13,14,16). The first kappa shape index (κ1) is 12.1. The van der Waals surface area contributed by atoms with E-state index in [0.29, 0.717) is 5.69 Å². The van der Waals surface area contributed by atoms with Gasteiger partial charge in [-0.3, -0.25) is 0 Å². The molecule has 0 radical (unpaired) electrons. The van der Waals surface area contributed by atoms with Crippen molar-refractivity contribution in [3.63, 3.8) is 0 Å². The molecule has 0 atom stereocenters. The average Bonchev–Trinajstić information content (AvgIpc) is 2.19. The molecule has 0 unspecified atom stereocenters. The summed E-state index contributed by atoms with van der Waals surface area (Å²) in [5.74, 6) is 0.0624. The maximum atomic E-state index is 11.4. The van der Waals surface area contributed by atoms with Gasteiger partial charge >= 0.3 is 6.03 Å². The average molecular weight is 220 g/mol. The highest BCUT2D eigenvalue weighted by molar-refractivity contribution is 5.91. The van der Waals surface area contributed by atoms with E-state index in [-0.39, 0.29) is 11.8 Å². The van der Waals surface area contributed by atoms with E-state index in [1.807, 2.05) is 26.8 Å². The molecule has 0 spiro atoms. The number of urea groups is 1. The van der Waals surface area contributed by atoms with Crippen LogP contribution in [0.2, 0.25) is 0 Å². The van der Waals surface area contributed by atoms with Crippen molar-refractivity contribution in [3.8, 4) is 5.75 Å². The van der Waals surface area contributed by atoms with Gasteiger partial charge in [-0.05, 0) is 38.5 Å². The molecule has 86 valence electrons. The number of hydrogen-bond acceptors (Lipinski definition) is 2. The highest BCUT2D eigenvalue weighted by Gasteiger charge is 2.04. The lowest BCUT2D eigenvalue weighted by Gasteiger charge is -2.07. The number of carbonyl (C=O) groups is 1. The second-order valence-corrected chi connectivity index (χ2v) is 3.84. The lowest BCUT2D eigenvalue weighted by Crippen LogP contribution is -2.24. The molecule has 0 aromatic heterocycles. The molecule has 0 saturated carbocycles. The molecule has 16 heavy (non-hydrogen) atoms. The Morgan fingerprint density at radius 2 is 2.06 bits per heavy atom. The van der Waals surface area contributed by atoms with Crippen molar-refractivity contribution in [1.29, 1.82) is 0 Å². The summed E-state index contributed by atoms with van der Waals surface area (Å²) in [4.78, 5) is 11.4. The van der Waals surface area contributed by atoms with Gasteiger partial charge in [0.25, 0.3) is 0 Å². The zero-order valence-corrected chi connectivity index (χ0v) is 9.66. The van der Waals surface area contributed by atoms with Crippen molar-refractivity contribution < 1.29 is 9.90 Å². The first-order valence-corrected chi connectivity index (χ1v) is 4.99. The number of nitrogens with one attached hydrogen (secondary N) is 2. The Morgan fingerprint density at radius 1 is 1.38 bits per heavy atom. The molecule has 4 nitrogen and oxygen atoms in total. The van der Waals surface area contributed by atoms with E-state index in [1.54, 1.807) is 18.3 Å². The topological polar surface area (TPSA) is 61.4 Å². The molecule has 0 bridgehead atoms. The van der Waals surface area contributed by atoms with E-state index in [0.717, 1.165) is 11.1 Å². The van der Waals surface area contributed by atoms with E-state index in [2.05, 4.69) is 10.6 Å². The van der Waals surface area contributed by atoms with Gasteiger partial charge in [-0.15, -0.1) is 0 Å². The quantitative estimate of drug-likeness (QED) is 0.671. The van der Waals surface area contributed by atoms with Crippen molar-refractivity contribution in [2.24, 2.45) is 0 Å². The van der Waals surface area contributed by atoms with Gasteiger partial charge in [0.15, 0.2) is 0 Å². The highest BCUT2D eigenvalue weighted by Crippen LogP contribution is 2.23. The molecule has 0 aliphatic carbocycles. The third kappa shape index (κ3) is 3.65. The molecule has 0 saturated heterocycles. The monoisotopic (exact) mass is 220 g/mol. The van der Waals surface area contributed by atoms with Crippen molar-refractivity contribution >= 4 is 11.7 Å². The van der Waals surface area contributed by atoms with Crippen LogP contribution >= 0.6 is 0 Å². The Hall–Kier alpha value is -1.97. The number of phenols is 1. The lowest BCUT2D eigenvalue weighted by molar-refractivity contribution is 0.255. The Kier molecular flexibility index (Phi) is 3.94. The number of carbonyl (C=O) groups excluding carboxylic acids is 1. The fraction of sp³-hybridized carbons (Fsp3) is 0.250. The molecule has 0 fully saturated rings. The summed E-state index contributed by atoms with van der Waals surface area (Å²) in [6, 6.07) is 4.69. The maximum Gasteiger partial charge on any atom is 0.323 e. The minimum atomic E-state index is -0.375. The van der Waals surface area contributed by atoms with Crippen molar-refractivity contribution in [1.82, 2.24) is 5.32 Å². The van der Waals surface area contributed by atoms with Crippen LogP contribution < -0.4 is 10.6 Å². The van der Waals surface area contributed by atoms with Gasteiger partial charge < -0.3 is 15.7 Å². The molecule has 4 heteroatoms. The molecule has 1 rings (SSSR count). The Labute approximate surface area is 95.0 Å². The second kappa shape index (κ2) is 5.21. The fourth-order valence-electron chi connectivity index (χ4n) is 1.12. The zero-order valence-electron chi connectivity index (χ0n) is 9.66. The van der Waals surface area contributed by atoms with Crippen LogP contribution in [0.5, 0.6) is 5.75 Å². The first-order chi connectivity index (χ1) is 7.49. The third-order valence-corrected chi connectivity index (χ3v) is 1.89. The maximum absolute atomic E-state index is 11.4. The van der Waals surface area contributed by atoms with E-state index in [9.17, 15) is 9.90 Å². The smallest absolute Gasteiger partial charge is 0.323 e. The van der Waals surface area contributed by atoms with Crippen molar-refractivity contribution in [2.75, 3.05) is 5.32 Å². The molecule has 1 aromatic rings. The van der Waals surface area contributed by atoms with Crippen LogP contribution in [0.4, 0.5) is 10.5 Å². The normalized spacial score (nSPS) is 9.44. The number of rotatable bonds is 2. The van der Waals surface area contributed by atoms with Gasteiger partial charge in [0.2, 0.25) is 0 Å². The number of anilines is 1. The number of benzene rings is 1. The second-order valence-electron chi connectivity index (χ2n) is 3.84. The van der Waals surface area contributed by atoms with Crippen LogP contribution in [0.3, 0.4) is 0 Å². The highest BCUT2D eigenvalue weighted by atomic mass is 16.3. The Bertz CT molecular complexity index is 421. The van der Waals surface area contributed by atoms with E-state index >= 15 is 0 Å². The predicted octanol–water partition coefficient (Wildman–Crippen LogP) is 2.75. The summed E-state index contributed by atoms with van der Waals surface area (Å²) in [6.45, 7) is 5.63. The third-order valence-electron chi connectivity index (χ3n) is 1.89. The van der Waals surface area contributed by atoms with Crippen LogP contribution in [-0.4, -0.2) is 11.1 Å². The summed E-state index contributed by atoms with van der Waals surface area (Å²) in [7, 11) is 0. The van der Waals surface area contributed by atoms with E-state index in [4.69, 9.17) is 0 Å². The number of phenolic OH excluding ortho intramolecular Hbond substituents is 1. The Balaban J connectivity index is 2.66. The summed E-state index contributed by atoms with van der Waals surface area (Å²) < 4.78 is 0. The van der Waals surface area contributed by atoms with Crippen LogP contribution in [0.15, 0.2) is 30.0 Å². The molecule has 0 aliphatic heterocycles. The molecular weight excluding hydrogens is 204 g/mol. The first-order valence-electron chi connectivity index (χ1n) is 4.99. The van der Waals surface area contributed by atoms with Gasteiger partial charge in [-0.2, -0.15) is 0 Å². The molecule has 2 amide bonds. The van der Waals surface area contributed by atoms with Gasteiger partial charge in [-0.25, -0.2) is 4.79 Å². The van der Waals surface area contributed by atoms with Gasteiger partial charge in [0.05, 0.1) is 5.69 Å². The number of aryl methyl sites for hydroxylation is 1. The van der Waals surface area contributed by atoms with Crippen LogP contribution in [0.25, 0.3) is 0 Å². The molecule has 0 aliphatic rings.